The molecule has 31 heavy (non-hydrogen) atoms. The lowest BCUT2D eigenvalue weighted by molar-refractivity contribution is 0.302. The summed E-state index contributed by atoms with van der Waals surface area (Å²) in [6.45, 7) is 7.38. The lowest BCUT2D eigenvalue weighted by Crippen LogP contribution is -2.31. The van der Waals surface area contributed by atoms with Crippen LogP contribution in [0, 0.1) is 12.8 Å². The molecule has 3 heterocycles. The largest absolute Gasteiger partial charge is 0.495 e. The Morgan fingerprint density at radius 3 is 2.94 bits per heavy atom. The SMILES string of the molecule is COc1ccc([C@]23C[C@H]2CN(CC(C)Sc2nnc(-c4ocnc4C)n2C)C3)cc1Cl. The highest BCUT2D eigenvalue weighted by molar-refractivity contribution is 7.99. The van der Waals surface area contributed by atoms with Gasteiger partial charge in [0.1, 0.15) is 5.75 Å². The van der Waals surface area contributed by atoms with Crippen molar-refractivity contribution < 1.29 is 9.15 Å². The number of nitrogens with zero attached hydrogens (tertiary/aromatic N) is 5. The highest BCUT2D eigenvalue weighted by Gasteiger charge is 2.60. The van der Waals surface area contributed by atoms with Gasteiger partial charge in [-0.2, -0.15) is 0 Å². The molecule has 0 N–H and O–H groups in total. The van der Waals surface area contributed by atoms with E-state index < -0.39 is 0 Å². The van der Waals surface area contributed by atoms with E-state index in [-0.39, 0.29) is 5.41 Å². The second-order valence-electron chi connectivity index (χ2n) is 8.66. The molecule has 0 bridgehead atoms. The molecule has 1 unspecified atom stereocenters. The predicted molar refractivity (Wildman–Crippen MR) is 121 cm³/mol. The van der Waals surface area contributed by atoms with Gasteiger partial charge in [0.05, 0.1) is 17.8 Å². The van der Waals surface area contributed by atoms with E-state index in [1.807, 2.05) is 24.6 Å². The van der Waals surface area contributed by atoms with Crippen LogP contribution < -0.4 is 4.74 Å². The summed E-state index contributed by atoms with van der Waals surface area (Å²) in [5, 5.41) is 10.7. The van der Waals surface area contributed by atoms with E-state index >= 15 is 0 Å². The van der Waals surface area contributed by atoms with Crippen LogP contribution in [0.25, 0.3) is 11.6 Å². The van der Waals surface area contributed by atoms with Gasteiger partial charge < -0.3 is 18.6 Å². The van der Waals surface area contributed by atoms with Crippen molar-refractivity contribution in [1.29, 1.82) is 0 Å². The van der Waals surface area contributed by atoms with Crippen molar-refractivity contribution in [2.45, 2.75) is 36.1 Å². The molecule has 0 radical (unpaired) electrons. The molecule has 3 aromatic rings. The third-order valence-corrected chi connectivity index (χ3v) is 7.96. The molecule has 1 aliphatic heterocycles. The van der Waals surface area contributed by atoms with Crippen LogP contribution in [0.2, 0.25) is 5.02 Å². The van der Waals surface area contributed by atoms with Crippen LogP contribution in [0.4, 0.5) is 0 Å². The summed E-state index contributed by atoms with van der Waals surface area (Å²) in [7, 11) is 3.63. The van der Waals surface area contributed by atoms with Crippen molar-refractivity contribution in [2.24, 2.45) is 13.0 Å². The topological polar surface area (TPSA) is 69.2 Å². The van der Waals surface area contributed by atoms with Crippen molar-refractivity contribution in [1.82, 2.24) is 24.6 Å². The molecule has 5 rings (SSSR count). The highest BCUT2D eigenvalue weighted by Crippen LogP contribution is 2.59. The first kappa shape index (κ1) is 20.8. The van der Waals surface area contributed by atoms with Crippen LogP contribution in [0.3, 0.4) is 0 Å². The third kappa shape index (κ3) is 3.64. The lowest BCUT2D eigenvalue weighted by atomic mass is 9.95. The Balaban J connectivity index is 1.23. The maximum atomic E-state index is 6.40. The van der Waals surface area contributed by atoms with Gasteiger partial charge >= 0.3 is 0 Å². The van der Waals surface area contributed by atoms with E-state index in [4.69, 9.17) is 20.8 Å². The Bertz CT molecular complexity index is 1120. The number of piperidine rings is 1. The molecule has 7 nitrogen and oxygen atoms in total. The van der Waals surface area contributed by atoms with Gasteiger partial charge in [0.15, 0.2) is 17.3 Å². The molecule has 0 amide bonds. The smallest absolute Gasteiger partial charge is 0.202 e. The number of fused-ring (bicyclic) bond motifs is 1. The molecule has 2 aromatic heterocycles. The molecule has 3 atom stereocenters. The average molecular weight is 460 g/mol. The summed E-state index contributed by atoms with van der Waals surface area (Å²) in [4.78, 5) is 6.73. The van der Waals surface area contributed by atoms with Crippen molar-refractivity contribution in [2.75, 3.05) is 26.7 Å². The first-order valence-electron chi connectivity index (χ1n) is 10.4. The standard InChI is InChI=1S/C22H26ClN5O2S/c1-13(31-21-26-25-20(27(21)3)19-14(2)24-12-30-19)9-28-10-16-8-22(16,11-28)15-5-6-18(29-4)17(23)7-15/h5-7,12-13,16H,8-11H2,1-4H3/t13?,16-,22+/m0/s1. The summed E-state index contributed by atoms with van der Waals surface area (Å²) in [5.74, 6) is 2.84. The lowest BCUT2D eigenvalue weighted by Gasteiger charge is -2.24. The van der Waals surface area contributed by atoms with Crippen LogP contribution in [-0.4, -0.2) is 56.6 Å². The first-order valence-corrected chi connectivity index (χ1v) is 11.7. The summed E-state index contributed by atoms with van der Waals surface area (Å²) < 4.78 is 12.8. The third-order valence-electron chi connectivity index (χ3n) is 6.55. The highest BCUT2D eigenvalue weighted by atomic mass is 35.5. The first-order chi connectivity index (χ1) is 14.9. The number of likely N-dealkylation sites (tertiary alicyclic amines) is 1. The van der Waals surface area contributed by atoms with E-state index in [9.17, 15) is 0 Å². The van der Waals surface area contributed by atoms with Crippen molar-refractivity contribution >= 4 is 23.4 Å². The van der Waals surface area contributed by atoms with Crippen molar-refractivity contribution in [3.05, 3.63) is 40.9 Å². The number of ether oxygens (including phenoxy) is 1. The fourth-order valence-corrected chi connectivity index (χ4v) is 6.10. The average Bonchev–Trinajstić information content (AvgIpc) is 3.01. The molecule has 1 aromatic carbocycles. The van der Waals surface area contributed by atoms with E-state index in [1.54, 1.807) is 18.9 Å². The summed E-state index contributed by atoms with van der Waals surface area (Å²) in [5.41, 5.74) is 2.41. The Kier molecular flexibility index (Phi) is 5.27. The second-order valence-corrected chi connectivity index (χ2v) is 10.5. The van der Waals surface area contributed by atoms with Crippen LogP contribution >= 0.6 is 23.4 Å². The van der Waals surface area contributed by atoms with E-state index in [0.717, 1.165) is 36.2 Å². The molecule has 2 fully saturated rings. The van der Waals surface area contributed by atoms with E-state index in [1.165, 1.54) is 18.4 Å². The normalized spacial score (nSPS) is 23.7. The van der Waals surface area contributed by atoms with Crippen molar-refractivity contribution in [3.8, 4) is 17.3 Å². The number of aromatic nitrogens is 4. The van der Waals surface area contributed by atoms with E-state index in [2.05, 4.69) is 39.1 Å². The van der Waals surface area contributed by atoms with E-state index in [0.29, 0.717) is 27.8 Å². The van der Waals surface area contributed by atoms with Crippen LogP contribution in [0.5, 0.6) is 5.75 Å². The monoisotopic (exact) mass is 459 g/mol. The van der Waals surface area contributed by atoms with Gasteiger partial charge in [-0.25, -0.2) is 4.98 Å². The minimum atomic E-state index is 0.252. The number of aryl methyl sites for hydroxylation is 1. The molecule has 0 spiro atoms. The predicted octanol–water partition coefficient (Wildman–Crippen LogP) is 4.19. The van der Waals surface area contributed by atoms with Crippen LogP contribution in [-0.2, 0) is 12.5 Å². The molecule has 1 saturated carbocycles. The number of methoxy groups -OCH3 is 1. The Hall–Kier alpha value is -2.03. The van der Waals surface area contributed by atoms with Gasteiger partial charge in [0, 0.05) is 37.3 Å². The minimum absolute atomic E-state index is 0.252. The summed E-state index contributed by atoms with van der Waals surface area (Å²) in [6, 6.07) is 6.26. The van der Waals surface area contributed by atoms with Gasteiger partial charge in [-0.15, -0.1) is 10.2 Å². The number of oxazole rings is 1. The fraction of sp³-hybridized carbons (Fsp3) is 0.500. The fourth-order valence-electron chi connectivity index (χ4n) is 4.86. The van der Waals surface area contributed by atoms with Gasteiger partial charge in [-0.1, -0.05) is 36.4 Å². The molecular formula is C22H26ClN5O2S. The zero-order valence-corrected chi connectivity index (χ0v) is 19.7. The Morgan fingerprint density at radius 2 is 2.23 bits per heavy atom. The van der Waals surface area contributed by atoms with Gasteiger partial charge in [0.25, 0.3) is 0 Å². The Labute approximate surface area is 191 Å². The summed E-state index contributed by atoms with van der Waals surface area (Å²) in [6.07, 6.45) is 2.69. The molecule has 164 valence electrons. The van der Waals surface area contributed by atoms with Crippen LogP contribution in [0.15, 0.2) is 34.2 Å². The Morgan fingerprint density at radius 1 is 1.39 bits per heavy atom. The number of rotatable bonds is 7. The van der Waals surface area contributed by atoms with Gasteiger partial charge in [-0.05, 0) is 37.0 Å². The quantitative estimate of drug-likeness (QED) is 0.490. The molecule has 2 aliphatic rings. The molecule has 9 heteroatoms. The second kappa shape index (κ2) is 7.83. The number of halogens is 1. The number of thioether (sulfide) groups is 1. The minimum Gasteiger partial charge on any atom is -0.495 e. The number of benzene rings is 1. The number of hydrogen-bond donors (Lipinski definition) is 0. The molecule has 1 aliphatic carbocycles. The maximum Gasteiger partial charge on any atom is 0.202 e. The molecular weight excluding hydrogens is 434 g/mol. The summed E-state index contributed by atoms with van der Waals surface area (Å²) >= 11 is 8.14. The maximum absolute atomic E-state index is 6.40. The number of hydrogen-bond acceptors (Lipinski definition) is 7. The molecule has 1 saturated heterocycles. The zero-order chi connectivity index (χ0) is 21.8. The zero-order valence-electron chi connectivity index (χ0n) is 18.1. The van der Waals surface area contributed by atoms with Gasteiger partial charge in [0.2, 0.25) is 5.82 Å². The van der Waals surface area contributed by atoms with Gasteiger partial charge in [-0.3, -0.25) is 0 Å². The van der Waals surface area contributed by atoms with Crippen LogP contribution in [0.1, 0.15) is 24.6 Å². The van der Waals surface area contributed by atoms with Crippen molar-refractivity contribution in [3.63, 3.8) is 0 Å².